The molecule has 0 atom stereocenters. The highest BCUT2D eigenvalue weighted by molar-refractivity contribution is 6.31. The summed E-state index contributed by atoms with van der Waals surface area (Å²) < 4.78 is 0. The first kappa shape index (κ1) is 14.9. The van der Waals surface area contributed by atoms with E-state index in [1.807, 2.05) is 35.2 Å². The summed E-state index contributed by atoms with van der Waals surface area (Å²) in [5.41, 5.74) is 3.66. The van der Waals surface area contributed by atoms with Gasteiger partial charge in [-0.1, -0.05) is 54.1 Å². The third-order valence-corrected chi connectivity index (χ3v) is 4.41. The Kier molecular flexibility index (Phi) is 4.64. The van der Waals surface area contributed by atoms with Gasteiger partial charge in [-0.2, -0.15) is 0 Å². The quantitative estimate of drug-likeness (QED) is 0.921. The average molecular weight is 315 g/mol. The fourth-order valence-electron chi connectivity index (χ4n) is 2.79. The number of rotatable bonds is 3. The Balaban J connectivity index is 1.52. The van der Waals surface area contributed by atoms with E-state index >= 15 is 0 Å². The van der Waals surface area contributed by atoms with Crippen molar-refractivity contribution in [3.8, 4) is 0 Å². The van der Waals surface area contributed by atoms with Gasteiger partial charge in [-0.15, -0.1) is 0 Å². The second-order valence-corrected chi connectivity index (χ2v) is 5.92. The second kappa shape index (κ2) is 6.84. The maximum atomic E-state index is 12.3. The van der Waals surface area contributed by atoms with Crippen LogP contribution >= 0.6 is 11.6 Å². The molecule has 2 aromatic rings. The third kappa shape index (κ3) is 3.42. The predicted octanol–water partition coefficient (Wildman–Crippen LogP) is 3.65. The van der Waals surface area contributed by atoms with E-state index in [1.165, 1.54) is 11.1 Å². The Morgan fingerprint density at radius 1 is 1.09 bits per heavy atom. The maximum absolute atomic E-state index is 12.3. The molecule has 1 heterocycles. The molecule has 0 aromatic heterocycles. The number of hydrogen-bond donors (Lipinski definition) is 1. The van der Waals surface area contributed by atoms with Crippen molar-refractivity contribution in [1.82, 2.24) is 10.2 Å². The number of urea groups is 1. The van der Waals surface area contributed by atoms with Gasteiger partial charge in [-0.25, -0.2) is 4.79 Å². The minimum Gasteiger partial charge on any atom is -0.338 e. The summed E-state index contributed by atoms with van der Waals surface area (Å²) in [7, 11) is 0. The lowest BCUT2D eigenvalue weighted by molar-refractivity contribution is 0.192. The molecular weight excluding hydrogens is 296 g/mol. The topological polar surface area (TPSA) is 32.3 Å². The Hall–Kier alpha value is -2.00. The summed E-state index contributed by atoms with van der Waals surface area (Å²) in [6.45, 7) is 2.06. The summed E-state index contributed by atoms with van der Waals surface area (Å²) in [6.07, 6.45) is 1.67. The van der Waals surface area contributed by atoms with E-state index in [0.717, 1.165) is 30.0 Å². The first-order chi connectivity index (χ1) is 10.7. The van der Waals surface area contributed by atoms with Crippen molar-refractivity contribution in [1.29, 1.82) is 0 Å². The smallest absolute Gasteiger partial charge is 0.317 e. The molecule has 3 rings (SSSR count). The van der Waals surface area contributed by atoms with Crippen molar-refractivity contribution in [2.75, 3.05) is 13.1 Å². The van der Waals surface area contributed by atoms with Crippen molar-refractivity contribution in [3.63, 3.8) is 0 Å². The van der Waals surface area contributed by atoms with Crippen LogP contribution in [-0.2, 0) is 19.4 Å². The first-order valence-corrected chi connectivity index (χ1v) is 7.95. The number of nitrogens with zero attached hydrogens (tertiary/aromatic N) is 1. The summed E-state index contributed by atoms with van der Waals surface area (Å²) in [6, 6.07) is 16.1. The number of carbonyl (C=O) groups is 1. The standard InChI is InChI=1S/C18H19ClN2O/c19-17-8-4-3-6-15(17)9-11-20-18(22)21-12-10-14-5-1-2-7-16(14)13-21/h1-8H,9-13H2,(H,20,22). The number of carbonyl (C=O) groups excluding carboxylic acids is 1. The zero-order valence-electron chi connectivity index (χ0n) is 12.4. The van der Waals surface area contributed by atoms with Crippen LogP contribution in [0, 0.1) is 0 Å². The molecule has 0 saturated carbocycles. The van der Waals surface area contributed by atoms with Crippen molar-refractivity contribution in [3.05, 3.63) is 70.2 Å². The molecule has 4 heteroatoms. The van der Waals surface area contributed by atoms with Gasteiger partial charge in [-0.05, 0) is 35.6 Å². The van der Waals surface area contributed by atoms with Crippen molar-refractivity contribution >= 4 is 17.6 Å². The van der Waals surface area contributed by atoms with E-state index in [4.69, 9.17) is 11.6 Å². The average Bonchev–Trinajstić information content (AvgIpc) is 2.56. The van der Waals surface area contributed by atoms with Gasteiger partial charge in [0.25, 0.3) is 0 Å². The van der Waals surface area contributed by atoms with Gasteiger partial charge < -0.3 is 10.2 Å². The summed E-state index contributed by atoms with van der Waals surface area (Å²) in [5, 5.41) is 3.74. The van der Waals surface area contributed by atoms with Crippen LogP contribution in [0.15, 0.2) is 48.5 Å². The molecular formula is C18H19ClN2O. The van der Waals surface area contributed by atoms with Crippen LogP contribution < -0.4 is 5.32 Å². The van der Waals surface area contributed by atoms with Gasteiger partial charge in [0.05, 0.1) is 0 Å². The highest BCUT2D eigenvalue weighted by Gasteiger charge is 2.19. The molecule has 0 spiro atoms. The van der Waals surface area contributed by atoms with Crippen molar-refractivity contribution in [2.24, 2.45) is 0 Å². The zero-order chi connectivity index (χ0) is 15.4. The summed E-state index contributed by atoms with van der Waals surface area (Å²) in [4.78, 5) is 14.1. The van der Waals surface area contributed by atoms with Crippen LogP contribution in [0.5, 0.6) is 0 Å². The number of benzene rings is 2. The molecule has 0 fully saturated rings. The van der Waals surface area contributed by atoms with Crippen LogP contribution in [-0.4, -0.2) is 24.0 Å². The second-order valence-electron chi connectivity index (χ2n) is 5.51. The minimum absolute atomic E-state index is 0.00144. The van der Waals surface area contributed by atoms with Crippen molar-refractivity contribution < 1.29 is 4.79 Å². The van der Waals surface area contributed by atoms with E-state index in [9.17, 15) is 4.79 Å². The van der Waals surface area contributed by atoms with E-state index in [2.05, 4.69) is 23.5 Å². The van der Waals surface area contributed by atoms with E-state index < -0.39 is 0 Å². The maximum Gasteiger partial charge on any atom is 0.317 e. The molecule has 1 N–H and O–H groups in total. The van der Waals surface area contributed by atoms with Crippen LogP contribution in [0.2, 0.25) is 5.02 Å². The lowest BCUT2D eigenvalue weighted by Crippen LogP contribution is -2.43. The Bertz CT molecular complexity index is 672. The number of halogens is 1. The zero-order valence-corrected chi connectivity index (χ0v) is 13.1. The highest BCUT2D eigenvalue weighted by Crippen LogP contribution is 2.18. The monoisotopic (exact) mass is 314 g/mol. The number of amides is 2. The molecule has 22 heavy (non-hydrogen) atoms. The molecule has 114 valence electrons. The van der Waals surface area contributed by atoms with Crippen LogP contribution in [0.25, 0.3) is 0 Å². The van der Waals surface area contributed by atoms with Crippen LogP contribution in [0.3, 0.4) is 0 Å². The molecule has 1 aliphatic rings. The van der Waals surface area contributed by atoms with Gasteiger partial charge in [0.15, 0.2) is 0 Å². The number of fused-ring (bicyclic) bond motifs is 1. The normalized spacial score (nSPS) is 13.6. The van der Waals surface area contributed by atoms with Gasteiger partial charge >= 0.3 is 6.03 Å². The molecule has 0 unspecified atom stereocenters. The molecule has 2 amide bonds. The molecule has 0 bridgehead atoms. The van der Waals surface area contributed by atoms with Crippen LogP contribution in [0.4, 0.5) is 4.79 Å². The van der Waals surface area contributed by atoms with Gasteiger partial charge in [0.1, 0.15) is 0 Å². The van der Waals surface area contributed by atoms with Gasteiger partial charge in [0, 0.05) is 24.7 Å². The lowest BCUT2D eigenvalue weighted by Gasteiger charge is -2.29. The predicted molar refractivity (Wildman–Crippen MR) is 89.1 cm³/mol. The molecule has 0 aliphatic carbocycles. The van der Waals surface area contributed by atoms with E-state index in [1.54, 1.807) is 0 Å². The Morgan fingerprint density at radius 3 is 2.64 bits per heavy atom. The fraction of sp³-hybridized carbons (Fsp3) is 0.278. The summed E-state index contributed by atoms with van der Waals surface area (Å²) in [5.74, 6) is 0. The number of hydrogen-bond acceptors (Lipinski definition) is 1. The SMILES string of the molecule is O=C(NCCc1ccccc1Cl)N1CCc2ccccc2C1. The first-order valence-electron chi connectivity index (χ1n) is 7.57. The molecule has 2 aromatic carbocycles. The summed E-state index contributed by atoms with van der Waals surface area (Å²) >= 11 is 6.12. The molecule has 3 nitrogen and oxygen atoms in total. The van der Waals surface area contributed by atoms with E-state index in [0.29, 0.717) is 13.1 Å². The highest BCUT2D eigenvalue weighted by atomic mass is 35.5. The molecule has 0 radical (unpaired) electrons. The Labute approximate surface area is 135 Å². The molecule has 0 saturated heterocycles. The van der Waals surface area contributed by atoms with Crippen LogP contribution in [0.1, 0.15) is 16.7 Å². The largest absolute Gasteiger partial charge is 0.338 e. The third-order valence-electron chi connectivity index (χ3n) is 4.05. The van der Waals surface area contributed by atoms with Gasteiger partial charge in [0.2, 0.25) is 0 Å². The Morgan fingerprint density at radius 2 is 1.82 bits per heavy atom. The van der Waals surface area contributed by atoms with E-state index in [-0.39, 0.29) is 6.03 Å². The number of nitrogens with one attached hydrogen (secondary N) is 1. The minimum atomic E-state index is 0.00144. The van der Waals surface area contributed by atoms with Crippen molar-refractivity contribution in [2.45, 2.75) is 19.4 Å². The lowest BCUT2D eigenvalue weighted by atomic mass is 10.0. The molecule has 1 aliphatic heterocycles. The van der Waals surface area contributed by atoms with Gasteiger partial charge in [-0.3, -0.25) is 0 Å². The fourth-order valence-corrected chi connectivity index (χ4v) is 3.02.